The van der Waals surface area contributed by atoms with Crippen molar-refractivity contribution in [3.63, 3.8) is 0 Å². The molecule has 10 heteroatoms. The number of piperidine rings is 1. The maximum atomic E-state index is 12.7. The van der Waals surface area contributed by atoms with Crippen LogP contribution in [-0.2, 0) is 27.8 Å². The molecule has 3 N–H and O–H groups in total. The third-order valence-electron chi connectivity index (χ3n) is 6.79. The highest BCUT2D eigenvalue weighted by Crippen LogP contribution is 2.37. The highest BCUT2D eigenvalue weighted by molar-refractivity contribution is 7.92. The van der Waals surface area contributed by atoms with Crippen LogP contribution in [0.25, 0.3) is 11.1 Å². The van der Waals surface area contributed by atoms with Gasteiger partial charge in [-0.3, -0.25) is 9.52 Å². The Hall–Kier alpha value is -3.14. The van der Waals surface area contributed by atoms with E-state index in [4.69, 9.17) is 11.6 Å². The molecule has 1 unspecified atom stereocenters. The molecule has 0 radical (unpaired) electrons. The number of pyridine rings is 1. The minimum absolute atomic E-state index is 0.0224. The second kappa shape index (κ2) is 10.7. The molecule has 1 aromatic heterocycles. The van der Waals surface area contributed by atoms with Gasteiger partial charge in [0.2, 0.25) is 15.9 Å². The SMILES string of the molecule is CS(=O)(=O)Nc1ccc(CN2CCc3ccc(-c4cc(NC(=O)C5CCCNC5)ncc4Cl)cc32)cc1. The van der Waals surface area contributed by atoms with Gasteiger partial charge in [0.1, 0.15) is 5.82 Å². The number of anilines is 3. The van der Waals surface area contributed by atoms with E-state index in [1.165, 1.54) is 5.56 Å². The number of halogens is 1. The number of fused-ring (bicyclic) bond motifs is 1. The fraction of sp³-hybridized carbons (Fsp3) is 0.333. The van der Waals surface area contributed by atoms with Crippen LogP contribution in [0.3, 0.4) is 0 Å². The molecule has 0 bridgehead atoms. The Kier molecular flexibility index (Phi) is 7.37. The number of benzene rings is 2. The van der Waals surface area contributed by atoms with Gasteiger partial charge in [-0.1, -0.05) is 35.9 Å². The van der Waals surface area contributed by atoms with E-state index < -0.39 is 10.0 Å². The van der Waals surface area contributed by atoms with E-state index in [2.05, 4.69) is 43.4 Å². The van der Waals surface area contributed by atoms with E-state index in [9.17, 15) is 13.2 Å². The van der Waals surface area contributed by atoms with Crippen LogP contribution >= 0.6 is 11.6 Å². The Balaban J connectivity index is 1.33. The molecule has 1 amide bonds. The number of rotatable bonds is 7. The van der Waals surface area contributed by atoms with Crippen LogP contribution in [0.1, 0.15) is 24.0 Å². The third-order valence-corrected chi connectivity index (χ3v) is 7.70. The number of sulfonamides is 1. The number of carbonyl (C=O) groups is 1. The Morgan fingerprint density at radius 1 is 1.19 bits per heavy atom. The molecule has 8 nitrogen and oxygen atoms in total. The quantitative estimate of drug-likeness (QED) is 0.414. The zero-order valence-electron chi connectivity index (χ0n) is 20.6. The number of aromatic nitrogens is 1. The Labute approximate surface area is 222 Å². The molecule has 2 aliphatic heterocycles. The van der Waals surface area contributed by atoms with Crippen molar-refractivity contribution in [2.24, 2.45) is 5.92 Å². The lowest BCUT2D eigenvalue weighted by atomic mass is 9.99. The summed E-state index contributed by atoms with van der Waals surface area (Å²) in [4.78, 5) is 19.3. The molecule has 37 heavy (non-hydrogen) atoms. The third kappa shape index (κ3) is 6.23. The van der Waals surface area contributed by atoms with Crippen LogP contribution in [0.5, 0.6) is 0 Å². The van der Waals surface area contributed by atoms with Gasteiger partial charge in [0.25, 0.3) is 0 Å². The first kappa shape index (κ1) is 25.5. The van der Waals surface area contributed by atoms with Crippen molar-refractivity contribution in [3.8, 4) is 11.1 Å². The molecule has 5 rings (SSSR count). The molecule has 0 spiro atoms. The summed E-state index contributed by atoms with van der Waals surface area (Å²) in [6, 6.07) is 15.6. The largest absolute Gasteiger partial charge is 0.367 e. The van der Waals surface area contributed by atoms with E-state index in [0.29, 0.717) is 29.6 Å². The molecule has 3 heterocycles. The zero-order valence-corrected chi connectivity index (χ0v) is 22.2. The first-order chi connectivity index (χ1) is 17.7. The molecule has 1 fully saturated rings. The normalized spacial score (nSPS) is 17.4. The number of nitrogens with one attached hydrogen (secondary N) is 3. The minimum Gasteiger partial charge on any atom is -0.367 e. The molecule has 0 saturated carbocycles. The maximum absolute atomic E-state index is 12.7. The Morgan fingerprint density at radius 2 is 2.00 bits per heavy atom. The zero-order chi connectivity index (χ0) is 26.0. The van der Waals surface area contributed by atoms with Gasteiger partial charge in [-0.05, 0) is 66.8 Å². The molecule has 194 valence electrons. The predicted octanol–water partition coefficient (Wildman–Crippen LogP) is 4.27. The van der Waals surface area contributed by atoms with Gasteiger partial charge in [-0.2, -0.15) is 0 Å². The van der Waals surface area contributed by atoms with Gasteiger partial charge in [0.15, 0.2) is 0 Å². The highest BCUT2D eigenvalue weighted by atomic mass is 35.5. The summed E-state index contributed by atoms with van der Waals surface area (Å²) in [7, 11) is -3.30. The number of hydrogen-bond acceptors (Lipinski definition) is 6. The molecular formula is C27H30ClN5O3S. The van der Waals surface area contributed by atoms with Crippen LogP contribution < -0.4 is 20.3 Å². The van der Waals surface area contributed by atoms with E-state index >= 15 is 0 Å². The average Bonchev–Trinajstić information content (AvgIpc) is 3.28. The maximum Gasteiger partial charge on any atom is 0.229 e. The van der Waals surface area contributed by atoms with Gasteiger partial charge >= 0.3 is 0 Å². The van der Waals surface area contributed by atoms with E-state index in [0.717, 1.165) is 61.0 Å². The van der Waals surface area contributed by atoms with E-state index in [1.54, 1.807) is 18.3 Å². The van der Waals surface area contributed by atoms with Crippen LogP contribution in [0, 0.1) is 5.92 Å². The average molecular weight is 540 g/mol. The standard InChI is InChI=1S/C27H30ClN5O3S/c1-37(35,36)32-22-8-4-18(5-9-22)17-33-12-10-19-6-7-20(13-25(19)33)23-14-26(30-16-24(23)28)31-27(34)21-3-2-11-29-15-21/h4-9,13-14,16,21,29,32H,2-3,10-12,15,17H2,1H3,(H,30,31,34). The van der Waals surface area contributed by atoms with Gasteiger partial charge in [-0.25, -0.2) is 13.4 Å². The summed E-state index contributed by atoms with van der Waals surface area (Å²) < 4.78 is 25.4. The fourth-order valence-corrected chi connectivity index (χ4v) is 5.70. The fourth-order valence-electron chi connectivity index (χ4n) is 4.92. The summed E-state index contributed by atoms with van der Waals surface area (Å²) in [5.41, 5.74) is 5.82. The summed E-state index contributed by atoms with van der Waals surface area (Å²) in [6.45, 7) is 3.23. The van der Waals surface area contributed by atoms with Crippen molar-refractivity contribution in [1.82, 2.24) is 10.3 Å². The lowest BCUT2D eigenvalue weighted by Gasteiger charge is -2.22. The lowest BCUT2D eigenvalue weighted by molar-refractivity contribution is -0.120. The van der Waals surface area contributed by atoms with Crippen molar-refractivity contribution in [2.45, 2.75) is 25.8 Å². The van der Waals surface area contributed by atoms with Gasteiger partial charge in [0, 0.05) is 42.8 Å². The number of nitrogens with zero attached hydrogens (tertiary/aromatic N) is 2. The monoisotopic (exact) mass is 539 g/mol. The number of carbonyl (C=O) groups excluding carboxylic acids is 1. The molecule has 3 aromatic rings. The van der Waals surface area contributed by atoms with Gasteiger partial charge in [-0.15, -0.1) is 0 Å². The summed E-state index contributed by atoms with van der Waals surface area (Å²) in [6.07, 6.45) is 5.54. The van der Waals surface area contributed by atoms with Crippen molar-refractivity contribution in [2.75, 3.05) is 40.8 Å². The first-order valence-corrected chi connectivity index (χ1v) is 14.6. The number of amides is 1. The molecular weight excluding hydrogens is 510 g/mol. The smallest absolute Gasteiger partial charge is 0.229 e. The summed E-state index contributed by atoms with van der Waals surface area (Å²) in [5.74, 6) is 0.417. The molecule has 0 aliphatic carbocycles. The summed E-state index contributed by atoms with van der Waals surface area (Å²) in [5, 5.41) is 6.75. The molecule has 1 saturated heterocycles. The van der Waals surface area contributed by atoms with E-state index in [-0.39, 0.29) is 11.8 Å². The topological polar surface area (TPSA) is 103 Å². The Morgan fingerprint density at radius 3 is 2.73 bits per heavy atom. The Bertz CT molecular complexity index is 1410. The van der Waals surface area contributed by atoms with Crippen molar-refractivity contribution in [3.05, 3.63) is 70.9 Å². The van der Waals surface area contributed by atoms with Crippen molar-refractivity contribution >= 4 is 44.7 Å². The summed E-state index contributed by atoms with van der Waals surface area (Å²) >= 11 is 6.55. The predicted molar refractivity (Wildman–Crippen MR) is 149 cm³/mol. The van der Waals surface area contributed by atoms with E-state index in [1.807, 2.05) is 18.2 Å². The van der Waals surface area contributed by atoms with Crippen molar-refractivity contribution in [1.29, 1.82) is 0 Å². The second-order valence-corrected chi connectivity index (χ2v) is 11.8. The van der Waals surface area contributed by atoms with Crippen LogP contribution in [0.2, 0.25) is 5.02 Å². The molecule has 1 atom stereocenters. The molecule has 2 aliphatic rings. The van der Waals surface area contributed by atoms with Crippen LogP contribution in [-0.4, -0.2) is 45.2 Å². The van der Waals surface area contributed by atoms with Crippen LogP contribution in [0.4, 0.5) is 17.2 Å². The first-order valence-electron chi connectivity index (χ1n) is 12.4. The van der Waals surface area contributed by atoms with Gasteiger partial charge < -0.3 is 15.5 Å². The second-order valence-electron chi connectivity index (χ2n) is 9.67. The van der Waals surface area contributed by atoms with Crippen LogP contribution in [0.15, 0.2) is 54.7 Å². The minimum atomic E-state index is -3.30. The van der Waals surface area contributed by atoms with Gasteiger partial charge in [0.05, 0.1) is 17.2 Å². The highest BCUT2D eigenvalue weighted by Gasteiger charge is 2.23. The number of hydrogen-bond donors (Lipinski definition) is 3. The lowest BCUT2D eigenvalue weighted by Crippen LogP contribution is -2.37. The van der Waals surface area contributed by atoms with Crippen molar-refractivity contribution < 1.29 is 13.2 Å². The molecule has 2 aromatic carbocycles.